The van der Waals surface area contributed by atoms with E-state index in [4.69, 9.17) is 61.2 Å². The largest absolute Gasteiger partial charge is 0.497 e. The van der Waals surface area contributed by atoms with Gasteiger partial charge in [0.25, 0.3) is 8.53 Å². The van der Waals surface area contributed by atoms with Gasteiger partial charge in [-0.1, -0.05) is 54.6 Å². The maximum atomic E-state index is 13.7. The molecular weight excluding hydrogens is 1040 g/mol. The van der Waals surface area contributed by atoms with Crippen LogP contribution in [-0.2, 0) is 81.3 Å². The Labute approximate surface area is 458 Å². The lowest BCUT2D eigenvalue weighted by Gasteiger charge is -2.44. The quantitative estimate of drug-likeness (QED) is 0.0242. The first kappa shape index (κ1) is 64.7. The minimum absolute atomic E-state index is 0.0182. The van der Waals surface area contributed by atoms with E-state index in [0.29, 0.717) is 11.5 Å². The highest BCUT2D eigenvalue weighted by Crippen LogP contribution is 2.47. The van der Waals surface area contributed by atoms with Gasteiger partial charge in [-0.3, -0.25) is 24.0 Å². The van der Waals surface area contributed by atoms with Crippen LogP contribution in [0.2, 0.25) is 0 Å². The molecule has 3 aromatic rings. The molecule has 2 amide bonds. The Hall–Kier alpha value is -5.83. The molecule has 0 radical (unpaired) electrons. The van der Waals surface area contributed by atoms with Gasteiger partial charge in [0.2, 0.25) is 11.8 Å². The number of nitrogens with one attached hydrogen (secondary N) is 2. The molecule has 0 bridgehead atoms. The Balaban J connectivity index is 1.40. The molecule has 2 N–H and O–H groups in total. The van der Waals surface area contributed by atoms with E-state index in [9.17, 15) is 29.2 Å². The molecular formula is C55H77N4O18P. The third-order valence-electron chi connectivity index (χ3n) is 11.6. The molecule has 7 atom stereocenters. The number of carbonyl (C=O) groups is 5. The molecule has 0 spiro atoms. The molecule has 78 heavy (non-hydrogen) atoms. The summed E-state index contributed by atoms with van der Waals surface area (Å²) in [5, 5.41) is 15.0. The van der Waals surface area contributed by atoms with Gasteiger partial charge in [0, 0.05) is 39.8 Å². The molecule has 0 aliphatic carbocycles. The number of methoxy groups -OCH3 is 2. The van der Waals surface area contributed by atoms with E-state index < -0.39 is 80.5 Å². The standard InChI is InChI=1S/C55H77N4O18P/c1-37(2)59(38(3)4)78(73-26-14-25-56)74-34-46(33-72-55(43-15-12-11-13-16-43,44-17-21-47(65-9)22-18-44)45-19-23-48(66-10)24-20-45)58-50(64)36-69-30-29-67-27-28-68-31-32-70-54-51(57-39(5)60)53(76-42(8)63)52(75-41(7)62)49(77-54)35-71-40(6)61/h11-13,15-24,37-38,46,49,51-54H,14,26-36H2,1-10H3,(H,57,60)(H,58,64)/t46?,49-,51+,52+,53-,54-,78?/m1/s1. The smallest absolute Gasteiger partial charge is 0.303 e. The van der Waals surface area contributed by atoms with Crippen LogP contribution in [0.1, 0.15) is 78.5 Å². The van der Waals surface area contributed by atoms with E-state index >= 15 is 0 Å². The lowest BCUT2D eigenvalue weighted by molar-refractivity contribution is -0.279. The molecule has 1 fully saturated rings. The molecule has 3 aromatic carbocycles. The summed E-state index contributed by atoms with van der Waals surface area (Å²) in [6, 6.07) is 25.4. The van der Waals surface area contributed by atoms with Crippen molar-refractivity contribution in [2.24, 2.45) is 0 Å². The molecule has 23 heteroatoms. The number of hydrogen-bond donors (Lipinski definition) is 2. The van der Waals surface area contributed by atoms with Crippen LogP contribution >= 0.6 is 8.53 Å². The van der Waals surface area contributed by atoms with Crippen LogP contribution in [0.3, 0.4) is 0 Å². The van der Waals surface area contributed by atoms with Gasteiger partial charge in [0.1, 0.15) is 42.5 Å². The molecule has 0 aromatic heterocycles. The fourth-order valence-corrected chi connectivity index (χ4v) is 10.1. The Kier molecular flexibility index (Phi) is 28.4. The summed E-state index contributed by atoms with van der Waals surface area (Å²) < 4.78 is 78.2. The first-order valence-corrected chi connectivity index (χ1v) is 26.8. The Bertz CT molecular complexity index is 2270. The summed E-state index contributed by atoms with van der Waals surface area (Å²) in [6.45, 7) is 12.9. The van der Waals surface area contributed by atoms with Crippen molar-refractivity contribution in [1.82, 2.24) is 15.3 Å². The van der Waals surface area contributed by atoms with Crippen LogP contribution in [0.5, 0.6) is 11.5 Å². The average molecular weight is 1110 g/mol. The van der Waals surface area contributed by atoms with Crippen LogP contribution in [0.4, 0.5) is 0 Å². The van der Waals surface area contributed by atoms with Crippen LogP contribution in [-0.4, -0.2) is 170 Å². The summed E-state index contributed by atoms with van der Waals surface area (Å²) in [6.07, 6.45) is -4.68. The van der Waals surface area contributed by atoms with E-state index in [-0.39, 0.29) is 91.2 Å². The second-order valence-electron chi connectivity index (χ2n) is 18.3. The highest BCUT2D eigenvalue weighted by molar-refractivity contribution is 7.44. The molecule has 1 saturated heterocycles. The second-order valence-corrected chi connectivity index (χ2v) is 19.7. The van der Waals surface area contributed by atoms with E-state index in [1.54, 1.807) is 14.2 Å². The van der Waals surface area contributed by atoms with Crippen LogP contribution in [0.15, 0.2) is 78.9 Å². The van der Waals surface area contributed by atoms with E-state index in [0.717, 1.165) is 30.5 Å². The lowest BCUT2D eigenvalue weighted by atomic mass is 9.80. The second kappa shape index (κ2) is 34.2. The Morgan fingerprint density at radius 2 is 1.22 bits per heavy atom. The van der Waals surface area contributed by atoms with Crippen molar-refractivity contribution in [2.45, 2.75) is 116 Å². The van der Waals surface area contributed by atoms with Gasteiger partial charge >= 0.3 is 17.9 Å². The van der Waals surface area contributed by atoms with Crippen LogP contribution < -0.4 is 20.1 Å². The minimum atomic E-state index is -1.68. The minimum Gasteiger partial charge on any atom is -0.497 e. The summed E-state index contributed by atoms with van der Waals surface area (Å²) >= 11 is 0. The van der Waals surface area contributed by atoms with E-state index in [1.807, 2.05) is 107 Å². The topological polar surface area (TPSA) is 256 Å². The van der Waals surface area contributed by atoms with Gasteiger partial charge in [-0.15, -0.1) is 0 Å². The number of amides is 2. The molecule has 2 unspecified atom stereocenters. The Morgan fingerprint density at radius 1 is 0.679 bits per heavy atom. The number of nitriles is 1. The molecule has 1 heterocycles. The predicted octanol–water partition coefficient (Wildman–Crippen LogP) is 5.51. The summed E-state index contributed by atoms with van der Waals surface area (Å²) in [7, 11) is 1.53. The van der Waals surface area contributed by atoms with Crippen molar-refractivity contribution < 1.29 is 85.1 Å². The number of carbonyl (C=O) groups excluding carboxylic acids is 5. The third kappa shape index (κ3) is 20.8. The molecule has 22 nitrogen and oxygen atoms in total. The van der Waals surface area contributed by atoms with Crippen molar-refractivity contribution in [2.75, 3.05) is 86.9 Å². The fourth-order valence-electron chi connectivity index (χ4n) is 8.43. The normalized spacial score (nSPS) is 18.1. The van der Waals surface area contributed by atoms with Crippen molar-refractivity contribution in [3.63, 3.8) is 0 Å². The molecule has 4 rings (SSSR count). The van der Waals surface area contributed by atoms with Crippen molar-refractivity contribution in [3.05, 3.63) is 95.6 Å². The maximum Gasteiger partial charge on any atom is 0.303 e. The summed E-state index contributed by atoms with van der Waals surface area (Å²) in [4.78, 5) is 61.8. The molecule has 0 saturated carbocycles. The average Bonchev–Trinajstić information content (AvgIpc) is 3.40. The van der Waals surface area contributed by atoms with Gasteiger partial charge in [-0.2, -0.15) is 5.26 Å². The van der Waals surface area contributed by atoms with Crippen molar-refractivity contribution in [1.29, 1.82) is 5.26 Å². The zero-order chi connectivity index (χ0) is 57.0. The highest BCUT2D eigenvalue weighted by Gasteiger charge is 2.51. The lowest BCUT2D eigenvalue weighted by Crippen LogP contribution is -2.66. The van der Waals surface area contributed by atoms with Crippen LogP contribution in [0.25, 0.3) is 0 Å². The van der Waals surface area contributed by atoms with Gasteiger partial charge in [0.15, 0.2) is 18.5 Å². The van der Waals surface area contributed by atoms with Crippen molar-refractivity contribution in [3.8, 4) is 17.6 Å². The van der Waals surface area contributed by atoms with E-state index in [1.165, 1.54) is 13.8 Å². The molecule has 430 valence electrons. The van der Waals surface area contributed by atoms with Crippen LogP contribution in [0, 0.1) is 11.3 Å². The SMILES string of the molecule is COc1ccc(C(OCC(COP(OCCC#N)N(C(C)C)C(C)C)NC(=O)COCCOCCOCCO[C@@H]2O[C@H](COC(C)=O)[C@H](OC(C)=O)[C@H](OC(C)=O)[C@@H]2NC(C)=O)(c2ccccc2)c2ccc(OC)cc2)cc1. The number of nitrogens with zero attached hydrogens (tertiary/aromatic N) is 2. The molecule has 1 aliphatic rings. The first-order chi connectivity index (χ1) is 37.4. The van der Waals surface area contributed by atoms with Gasteiger partial charge in [-0.05, 0) is 68.7 Å². The number of rotatable bonds is 35. The number of hydrogen-bond acceptors (Lipinski definition) is 20. The van der Waals surface area contributed by atoms with Gasteiger partial charge in [-0.25, -0.2) is 4.67 Å². The summed E-state index contributed by atoms with van der Waals surface area (Å²) in [5.74, 6) is -1.69. The zero-order valence-electron chi connectivity index (χ0n) is 46.3. The van der Waals surface area contributed by atoms with E-state index in [2.05, 4.69) is 21.4 Å². The third-order valence-corrected chi connectivity index (χ3v) is 13.7. The summed E-state index contributed by atoms with van der Waals surface area (Å²) in [5.41, 5.74) is 1.22. The Morgan fingerprint density at radius 3 is 1.73 bits per heavy atom. The molecule has 1 aliphatic heterocycles. The number of ether oxygens (including phenoxy) is 11. The highest BCUT2D eigenvalue weighted by atomic mass is 31.2. The van der Waals surface area contributed by atoms with Gasteiger partial charge < -0.3 is 71.8 Å². The van der Waals surface area contributed by atoms with Gasteiger partial charge in [0.05, 0.1) is 92.2 Å². The first-order valence-electron chi connectivity index (χ1n) is 25.7. The number of esters is 3. The van der Waals surface area contributed by atoms with Crippen molar-refractivity contribution >= 4 is 38.2 Å². The number of benzene rings is 3. The predicted molar refractivity (Wildman–Crippen MR) is 284 cm³/mol. The maximum absolute atomic E-state index is 13.7. The zero-order valence-corrected chi connectivity index (χ0v) is 47.2. The fraction of sp³-hybridized carbons (Fsp3) is 0.564. The monoisotopic (exact) mass is 1110 g/mol.